The van der Waals surface area contributed by atoms with Crippen molar-refractivity contribution in [2.45, 2.75) is 4.90 Å². The molecule has 1 aliphatic rings. The number of carbonyl (C=O) groups is 1. The lowest BCUT2D eigenvalue weighted by Crippen LogP contribution is -2.39. The molecular weight excluding hydrogens is 314 g/mol. The highest BCUT2D eigenvalue weighted by Crippen LogP contribution is 2.31. The first-order valence-electron chi connectivity index (χ1n) is 7.13. The predicted molar refractivity (Wildman–Crippen MR) is 86.3 cm³/mol. The number of sulfone groups is 1. The normalized spacial score (nSPS) is 16.3. The lowest BCUT2D eigenvalue weighted by molar-refractivity contribution is 0.0987. The highest BCUT2D eigenvalue weighted by molar-refractivity contribution is 7.91. The summed E-state index contributed by atoms with van der Waals surface area (Å²) >= 11 is 0. The maximum absolute atomic E-state index is 12.8. The second kappa shape index (κ2) is 4.92. The van der Waals surface area contributed by atoms with E-state index in [0.29, 0.717) is 11.3 Å². The Labute approximate surface area is 132 Å². The Balaban J connectivity index is 1.79. The van der Waals surface area contributed by atoms with Crippen LogP contribution in [0.1, 0.15) is 10.4 Å². The Morgan fingerprint density at radius 1 is 1.17 bits per heavy atom. The van der Waals surface area contributed by atoms with Crippen LogP contribution in [0.15, 0.2) is 53.7 Å². The van der Waals surface area contributed by atoms with Crippen LogP contribution in [-0.2, 0) is 9.84 Å². The van der Waals surface area contributed by atoms with E-state index in [-0.39, 0.29) is 23.1 Å². The van der Waals surface area contributed by atoms with Crippen LogP contribution >= 0.6 is 0 Å². The van der Waals surface area contributed by atoms with Gasteiger partial charge in [-0.25, -0.2) is 13.4 Å². The van der Waals surface area contributed by atoms with Gasteiger partial charge in [0.15, 0.2) is 9.84 Å². The summed E-state index contributed by atoms with van der Waals surface area (Å²) in [6.45, 7) is 0.152. The molecule has 6 nitrogen and oxygen atoms in total. The zero-order valence-electron chi connectivity index (χ0n) is 12.1. The minimum absolute atomic E-state index is 0.0674. The number of imidazole rings is 1. The molecule has 0 unspecified atom stereocenters. The monoisotopic (exact) mass is 327 g/mol. The summed E-state index contributed by atoms with van der Waals surface area (Å²) in [4.78, 5) is 21.7. The van der Waals surface area contributed by atoms with Crippen molar-refractivity contribution in [2.24, 2.45) is 0 Å². The van der Waals surface area contributed by atoms with E-state index in [2.05, 4.69) is 9.97 Å². The maximum Gasteiger partial charge on any atom is 0.258 e. The fourth-order valence-corrected chi connectivity index (χ4v) is 4.25. The SMILES string of the molecule is O=C(c1ccc2nc[nH]c2c1)N1CCS(=O)(=O)c2ccccc21. The standard InChI is InChI=1S/C16H13N3O3S/c20-16(11-5-6-12-13(9-11)18-10-17-12)19-7-8-23(21,22)15-4-2-1-3-14(15)19/h1-6,9-10H,7-8H2,(H,17,18). The number of H-pyrrole nitrogens is 1. The number of amides is 1. The largest absolute Gasteiger partial charge is 0.345 e. The molecule has 2 aromatic carbocycles. The average Bonchev–Trinajstić information content (AvgIpc) is 3.02. The van der Waals surface area contributed by atoms with Crippen molar-refractivity contribution in [3.8, 4) is 0 Å². The molecule has 0 fully saturated rings. The van der Waals surface area contributed by atoms with E-state index in [1.165, 1.54) is 4.90 Å². The molecule has 2 heterocycles. The fourth-order valence-electron chi connectivity index (χ4n) is 2.82. The third kappa shape index (κ3) is 2.20. The molecular formula is C16H13N3O3S. The molecule has 7 heteroatoms. The Bertz CT molecular complexity index is 1020. The van der Waals surface area contributed by atoms with E-state index < -0.39 is 9.84 Å². The molecule has 23 heavy (non-hydrogen) atoms. The third-order valence-electron chi connectivity index (χ3n) is 3.99. The van der Waals surface area contributed by atoms with Crippen molar-refractivity contribution in [3.05, 3.63) is 54.4 Å². The van der Waals surface area contributed by atoms with Crippen molar-refractivity contribution in [3.63, 3.8) is 0 Å². The number of fused-ring (bicyclic) bond motifs is 2. The first kappa shape index (κ1) is 14.0. The molecule has 3 aromatic rings. The molecule has 116 valence electrons. The number of carbonyl (C=O) groups excluding carboxylic acids is 1. The van der Waals surface area contributed by atoms with E-state index in [1.807, 2.05) is 0 Å². The number of nitrogens with one attached hydrogen (secondary N) is 1. The first-order valence-corrected chi connectivity index (χ1v) is 8.78. The number of nitrogens with zero attached hydrogens (tertiary/aromatic N) is 2. The number of rotatable bonds is 1. The molecule has 0 bridgehead atoms. The summed E-state index contributed by atoms with van der Waals surface area (Å²) < 4.78 is 24.3. The van der Waals surface area contributed by atoms with Crippen molar-refractivity contribution in [1.29, 1.82) is 0 Å². The van der Waals surface area contributed by atoms with E-state index in [1.54, 1.807) is 48.8 Å². The van der Waals surface area contributed by atoms with Gasteiger partial charge in [-0.15, -0.1) is 0 Å². The highest BCUT2D eigenvalue weighted by Gasteiger charge is 2.31. The minimum atomic E-state index is -3.33. The Kier molecular flexibility index (Phi) is 2.99. The van der Waals surface area contributed by atoms with Gasteiger partial charge in [-0.3, -0.25) is 4.79 Å². The van der Waals surface area contributed by atoms with Crippen LogP contribution in [-0.4, -0.2) is 36.6 Å². The van der Waals surface area contributed by atoms with E-state index in [9.17, 15) is 13.2 Å². The number of benzene rings is 2. The van der Waals surface area contributed by atoms with Crippen molar-refractivity contribution < 1.29 is 13.2 Å². The van der Waals surface area contributed by atoms with Crippen molar-refractivity contribution in [1.82, 2.24) is 9.97 Å². The van der Waals surface area contributed by atoms with E-state index in [0.717, 1.165) is 11.0 Å². The highest BCUT2D eigenvalue weighted by atomic mass is 32.2. The molecule has 1 aromatic heterocycles. The van der Waals surface area contributed by atoms with Gasteiger partial charge in [-0.05, 0) is 30.3 Å². The van der Waals surface area contributed by atoms with Crippen molar-refractivity contribution >= 4 is 32.5 Å². The van der Waals surface area contributed by atoms with Crippen LogP contribution in [0.2, 0.25) is 0 Å². The Hall–Kier alpha value is -2.67. The van der Waals surface area contributed by atoms with Gasteiger partial charge >= 0.3 is 0 Å². The van der Waals surface area contributed by atoms with Gasteiger partial charge in [0.2, 0.25) is 0 Å². The third-order valence-corrected chi connectivity index (χ3v) is 5.72. The Morgan fingerprint density at radius 3 is 2.87 bits per heavy atom. The number of anilines is 1. The quantitative estimate of drug-likeness (QED) is 0.741. The fraction of sp³-hybridized carbons (Fsp3) is 0.125. The van der Waals surface area contributed by atoms with E-state index >= 15 is 0 Å². The Morgan fingerprint density at radius 2 is 2.00 bits per heavy atom. The smallest absolute Gasteiger partial charge is 0.258 e. The number of aromatic nitrogens is 2. The lowest BCUT2D eigenvalue weighted by Gasteiger charge is -2.29. The van der Waals surface area contributed by atoms with Crippen LogP contribution < -0.4 is 4.90 Å². The topological polar surface area (TPSA) is 83.1 Å². The molecule has 1 N–H and O–H groups in total. The zero-order valence-corrected chi connectivity index (χ0v) is 12.9. The van der Waals surface area contributed by atoms with Gasteiger partial charge in [0.05, 0.1) is 33.7 Å². The molecule has 0 radical (unpaired) electrons. The van der Waals surface area contributed by atoms with E-state index in [4.69, 9.17) is 0 Å². The van der Waals surface area contributed by atoms with Crippen LogP contribution in [0.25, 0.3) is 11.0 Å². The number of hydrogen-bond donors (Lipinski definition) is 1. The number of hydrogen-bond acceptors (Lipinski definition) is 4. The van der Waals surface area contributed by atoms with Gasteiger partial charge in [-0.1, -0.05) is 12.1 Å². The van der Waals surface area contributed by atoms with Gasteiger partial charge in [0, 0.05) is 12.1 Å². The summed E-state index contributed by atoms with van der Waals surface area (Å²) in [5, 5.41) is 0. The zero-order chi connectivity index (χ0) is 16.0. The summed E-state index contributed by atoms with van der Waals surface area (Å²) in [6.07, 6.45) is 1.57. The molecule has 0 saturated carbocycles. The summed E-state index contributed by atoms with van der Waals surface area (Å²) in [5.41, 5.74) is 2.49. The van der Waals surface area contributed by atoms with Crippen LogP contribution in [0.4, 0.5) is 5.69 Å². The second-order valence-corrected chi connectivity index (χ2v) is 7.46. The molecule has 1 amide bonds. The van der Waals surface area contributed by atoms with Gasteiger partial charge in [0.1, 0.15) is 0 Å². The summed E-state index contributed by atoms with van der Waals surface area (Å²) in [5.74, 6) is -0.286. The van der Waals surface area contributed by atoms with Crippen LogP contribution in [0.3, 0.4) is 0 Å². The molecule has 4 rings (SSSR count). The van der Waals surface area contributed by atoms with Gasteiger partial charge < -0.3 is 9.88 Å². The second-order valence-electron chi connectivity index (χ2n) is 5.38. The maximum atomic E-state index is 12.8. The summed E-state index contributed by atoms with van der Waals surface area (Å²) in [7, 11) is -3.33. The summed E-state index contributed by atoms with van der Waals surface area (Å²) in [6, 6.07) is 11.8. The van der Waals surface area contributed by atoms with Crippen LogP contribution in [0.5, 0.6) is 0 Å². The number of aromatic amines is 1. The first-order chi connectivity index (χ1) is 11.1. The lowest BCUT2D eigenvalue weighted by atomic mass is 10.1. The van der Waals surface area contributed by atoms with Crippen molar-refractivity contribution in [2.75, 3.05) is 17.2 Å². The number of para-hydroxylation sites is 1. The molecule has 1 aliphatic heterocycles. The molecule has 0 spiro atoms. The molecule has 0 aliphatic carbocycles. The predicted octanol–water partition coefficient (Wildman–Crippen LogP) is 2.00. The molecule has 0 atom stereocenters. The van der Waals surface area contributed by atoms with Crippen LogP contribution in [0, 0.1) is 0 Å². The average molecular weight is 327 g/mol. The van der Waals surface area contributed by atoms with Gasteiger partial charge in [0.25, 0.3) is 5.91 Å². The minimum Gasteiger partial charge on any atom is -0.345 e. The molecule has 0 saturated heterocycles. The van der Waals surface area contributed by atoms with Gasteiger partial charge in [-0.2, -0.15) is 0 Å².